The average molecular weight is 186 g/mol. The zero-order valence-corrected chi connectivity index (χ0v) is 8.79. The van der Waals surface area contributed by atoms with E-state index in [0.29, 0.717) is 5.92 Å². The van der Waals surface area contributed by atoms with Crippen molar-refractivity contribution >= 4 is 0 Å². The summed E-state index contributed by atoms with van der Waals surface area (Å²) in [5, 5.41) is 9.15. The van der Waals surface area contributed by atoms with E-state index in [4.69, 9.17) is 10.8 Å². The normalized spacial score (nSPS) is 31.2. The molecule has 0 saturated carbocycles. The molecular formula is C10H22N2O. The van der Waals surface area contributed by atoms with Crippen molar-refractivity contribution in [2.24, 2.45) is 11.7 Å². The molecule has 1 fully saturated rings. The van der Waals surface area contributed by atoms with Gasteiger partial charge in [-0.2, -0.15) is 0 Å². The van der Waals surface area contributed by atoms with Crippen molar-refractivity contribution in [3.63, 3.8) is 0 Å². The van der Waals surface area contributed by atoms with Crippen LogP contribution < -0.4 is 5.73 Å². The summed E-state index contributed by atoms with van der Waals surface area (Å²) in [4.78, 5) is 2.37. The first kappa shape index (κ1) is 11.0. The molecule has 1 atom stereocenters. The second kappa shape index (κ2) is 4.40. The minimum atomic E-state index is -0.340. The van der Waals surface area contributed by atoms with E-state index >= 15 is 0 Å². The van der Waals surface area contributed by atoms with E-state index in [0.717, 1.165) is 32.5 Å². The highest BCUT2D eigenvalue weighted by Gasteiger charge is 2.30. The number of hydrogen-bond acceptors (Lipinski definition) is 3. The number of likely N-dealkylation sites (tertiary alicyclic amines) is 1. The third-order valence-electron chi connectivity index (χ3n) is 2.63. The predicted octanol–water partition coefficient (Wildman–Crippen LogP) is 0.428. The number of rotatable bonds is 3. The van der Waals surface area contributed by atoms with Crippen LogP contribution in [-0.4, -0.2) is 41.8 Å². The zero-order valence-electron chi connectivity index (χ0n) is 8.79. The van der Waals surface area contributed by atoms with Crippen LogP contribution >= 0.6 is 0 Å². The van der Waals surface area contributed by atoms with Crippen molar-refractivity contribution in [2.45, 2.75) is 32.2 Å². The third-order valence-corrected chi connectivity index (χ3v) is 2.63. The van der Waals surface area contributed by atoms with Crippen LogP contribution in [0.5, 0.6) is 0 Å². The summed E-state index contributed by atoms with van der Waals surface area (Å²) < 4.78 is 0. The van der Waals surface area contributed by atoms with Gasteiger partial charge in [0.25, 0.3) is 0 Å². The highest BCUT2D eigenvalue weighted by molar-refractivity contribution is 4.91. The molecule has 0 aliphatic carbocycles. The molecule has 0 aromatic rings. The average Bonchev–Trinajstić information content (AvgIpc) is 2.03. The Hall–Kier alpha value is -0.120. The van der Waals surface area contributed by atoms with Crippen molar-refractivity contribution in [3.05, 3.63) is 0 Å². The number of nitrogens with two attached hydrogens (primary N) is 1. The number of aliphatic hydroxyl groups is 1. The fourth-order valence-corrected chi connectivity index (χ4v) is 2.06. The van der Waals surface area contributed by atoms with E-state index in [-0.39, 0.29) is 12.1 Å². The molecule has 0 aromatic carbocycles. The van der Waals surface area contributed by atoms with Gasteiger partial charge in [0.1, 0.15) is 0 Å². The van der Waals surface area contributed by atoms with Crippen molar-refractivity contribution in [1.82, 2.24) is 4.90 Å². The molecule has 13 heavy (non-hydrogen) atoms. The summed E-state index contributed by atoms with van der Waals surface area (Å²) in [6, 6.07) is 0. The van der Waals surface area contributed by atoms with E-state index in [1.54, 1.807) is 0 Å². The lowest BCUT2D eigenvalue weighted by Gasteiger charge is -2.39. The smallest absolute Gasteiger partial charge is 0.0623 e. The SMILES string of the molecule is CC(C)CN1CCCC(N)(CO)C1. The summed E-state index contributed by atoms with van der Waals surface area (Å²) in [5.41, 5.74) is 5.69. The van der Waals surface area contributed by atoms with Gasteiger partial charge in [-0.3, -0.25) is 0 Å². The number of piperidine rings is 1. The van der Waals surface area contributed by atoms with Crippen LogP contribution in [0.3, 0.4) is 0 Å². The van der Waals surface area contributed by atoms with Crippen molar-refractivity contribution < 1.29 is 5.11 Å². The quantitative estimate of drug-likeness (QED) is 0.672. The van der Waals surface area contributed by atoms with E-state index in [1.165, 1.54) is 0 Å². The minimum absolute atomic E-state index is 0.113. The van der Waals surface area contributed by atoms with Crippen LogP contribution in [0, 0.1) is 5.92 Å². The second-order valence-corrected chi connectivity index (χ2v) is 4.75. The third kappa shape index (κ3) is 3.25. The van der Waals surface area contributed by atoms with E-state index in [1.807, 2.05) is 0 Å². The summed E-state index contributed by atoms with van der Waals surface area (Å²) in [6.07, 6.45) is 2.07. The first-order chi connectivity index (χ1) is 6.06. The van der Waals surface area contributed by atoms with Gasteiger partial charge in [-0.25, -0.2) is 0 Å². The summed E-state index contributed by atoms with van der Waals surface area (Å²) in [5.74, 6) is 0.682. The molecule has 1 unspecified atom stereocenters. The summed E-state index contributed by atoms with van der Waals surface area (Å²) in [6.45, 7) is 7.62. The highest BCUT2D eigenvalue weighted by atomic mass is 16.3. The van der Waals surface area contributed by atoms with Crippen LogP contribution in [0.2, 0.25) is 0 Å². The van der Waals surface area contributed by atoms with Crippen LogP contribution in [0.1, 0.15) is 26.7 Å². The maximum Gasteiger partial charge on any atom is 0.0623 e. The van der Waals surface area contributed by atoms with Crippen molar-refractivity contribution in [2.75, 3.05) is 26.2 Å². The Morgan fingerprint density at radius 3 is 2.77 bits per heavy atom. The fourth-order valence-electron chi connectivity index (χ4n) is 2.06. The van der Waals surface area contributed by atoms with Gasteiger partial charge in [-0.1, -0.05) is 13.8 Å². The molecule has 1 rings (SSSR count). The van der Waals surface area contributed by atoms with E-state index < -0.39 is 0 Å². The van der Waals surface area contributed by atoms with Gasteiger partial charge in [0.2, 0.25) is 0 Å². The number of nitrogens with zero attached hydrogens (tertiary/aromatic N) is 1. The van der Waals surface area contributed by atoms with Crippen molar-refractivity contribution in [1.29, 1.82) is 0 Å². The number of aliphatic hydroxyl groups excluding tert-OH is 1. The fraction of sp³-hybridized carbons (Fsp3) is 1.00. The second-order valence-electron chi connectivity index (χ2n) is 4.75. The maximum atomic E-state index is 9.15. The molecule has 0 bridgehead atoms. The van der Waals surface area contributed by atoms with Gasteiger partial charge in [-0.05, 0) is 25.3 Å². The van der Waals surface area contributed by atoms with Gasteiger partial charge < -0.3 is 15.7 Å². The molecule has 1 aliphatic heterocycles. The first-order valence-electron chi connectivity index (χ1n) is 5.18. The summed E-state index contributed by atoms with van der Waals surface area (Å²) >= 11 is 0. The molecule has 1 saturated heterocycles. The summed E-state index contributed by atoms with van der Waals surface area (Å²) in [7, 11) is 0. The van der Waals surface area contributed by atoms with Crippen molar-refractivity contribution in [3.8, 4) is 0 Å². The van der Waals surface area contributed by atoms with Crippen LogP contribution in [0.25, 0.3) is 0 Å². The molecule has 3 N–H and O–H groups in total. The maximum absolute atomic E-state index is 9.15. The molecule has 0 amide bonds. The highest BCUT2D eigenvalue weighted by Crippen LogP contribution is 2.18. The van der Waals surface area contributed by atoms with Gasteiger partial charge >= 0.3 is 0 Å². The minimum Gasteiger partial charge on any atom is -0.394 e. The largest absolute Gasteiger partial charge is 0.394 e. The Morgan fingerprint density at radius 1 is 1.54 bits per heavy atom. The molecule has 1 aliphatic rings. The Bertz CT molecular complexity index is 161. The molecule has 0 radical (unpaired) electrons. The lowest BCUT2D eigenvalue weighted by Crippen LogP contribution is -2.57. The van der Waals surface area contributed by atoms with Gasteiger partial charge in [-0.15, -0.1) is 0 Å². The Labute approximate surface area is 80.9 Å². The van der Waals surface area contributed by atoms with E-state index in [2.05, 4.69) is 18.7 Å². The lowest BCUT2D eigenvalue weighted by molar-refractivity contribution is 0.0873. The molecular weight excluding hydrogens is 164 g/mol. The standard InChI is InChI=1S/C10H22N2O/c1-9(2)6-12-5-3-4-10(11,7-12)8-13/h9,13H,3-8,11H2,1-2H3. The zero-order chi connectivity index (χ0) is 9.90. The van der Waals surface area contributed by atoms with Gasteiger partial charge in [0, 0.05) is 13.1 Å². The molecule has 3 heteroatoms. The monoisotopic (exact) mass is 186 g/mol. The molecule has 78 valence electrons. The Morgan fingerprint density at radius 2 is 2.23 bits per heavy atom. The van der Waals surface area contributed by atoms with Gasteiger partial charge in [0.05, 0.1) is 12.1 Å². The van der Waals surface area contributed by atoms with Crippen LogP contribution in [0.15, 0.2) is 0 Å². The Balaban J connectivity index is 2.42. The molecule has 1 heterocycles. The van der Waals surface area contributed by atoms with Crippen LogP contribution in [0.4, 0.5) is 0 Å². The molecule has 0 aromatic heterocycles. The Kier molecular flexibility index (Phi) is 3.71. The van der Waals surface area contributed by atoms with E-state index in [9.17, 15) is 0 Å². The lowest BCUT2D eigenvalue weighted by atomic mass is 9.90. The molecule has 0 spiro atoms. The van der Waals surface area contributed by atoms with Gasteiger partial charge in [0.15, 0.2) is 0 Å². The first-order valence-corrected chi connectivity index (χ1v) is 5.18. The number of hydrogen-bond donors (Lipinski definition) is 2. The molecule has 3 nitrogen and oxygen atoms in total. The topological polar surface area (TPSA) is 49.5 Å². The predicted molar refractivity (Wildman–Crippen MR) is 54.5 cm³/mol. The van der Waals surface area contributed by atoms with Crippen LogP contribution in [-0.2, 0) is 0 Å².